The van der Waals surface area contributed by atoms with Gasteiger partial charge in [0.2, 0.25) is 11.5 Å². The number of hydrogen-bond donors (Lipinski definition) is 2. The summed E-state index contributed by atoms with van der Waals surface area (Å²) in [5, 5.41) is 0.409. The molecular formula is C25H33N5O3. The predicted molar refractivity (Wildman–Crippen MR) is 126 cm³/mol. The van der Waals surface area contributed by atoms with Gasteiger partial charge in [-0.1, -0.05) is 31.6 Å². The zero-order valence-corrected chi connectivity index (χ0v) is 19.1. The first-order valence-electron chi connectivity index (χ1n) is 12.2. The zero-order valence-electron chi connectivity index (χ0n) is 19.1. The Kier molecular flexibility index (Phi) is 6.10. The number of nitrogens with two attached hydrogens (primary N) is 1. The molecule has 3 atom stereocenters. The van der Waals surface area contributed by atoms with Crippen molar-refractivity contribution in [2.75, 3.05) is 6.54 Å². The number of hydrogen-bond acceptors (Lipinski definition) is 5. The average Bonchev–Trinajstić information content (AvgIpc) is 3.09. The minimum Gasteiger partial charge on any atom is -0.473 e. The van der Waals surface area contributed by atoms with Crippen LogP contribution in [0.25, 0.3) is 6.58 Å². The number of carbonyl (C=O) groups is 1. The van der Waals surface area contributed by atoms with E-state index < -0.39 is 0 Å². The Hall–Kier alpha value is -2.87. The van der Waals surface area contributed by atoms with E-state index in [0.29, 0.717) is 42.1 Å². The summed E-state index contributed by atoms with van der Waals surface area (Å²) in [4.78, 5) is 33.5. The van der Waals surface area contributed by atoms with Gasteiger partial charge in [-0.3, -0.25) is 19.5 Å². The van der Waals surface area contributed by atoms with Crippen LogP contribution in [0.5, 0.6) is 5.75 Å². The molecule has 1 amide bonds. The van der Waals surface area contributed by atoms with Gasteiger partial charge in [0.15, 0.2) is 6.23 Å². The third-order valence-corrected chi connectivity index (χ3v) is 7.49. The first-order chi connectivity index (χ1) is 16.0. The smallest absolute Gasteiger partial charge is 0.274 e. The standard InChI is InChI=1S/C25H33N5O3/c1-16-24(32)28-25-27-23-18(15-30(16)25)8-4-11-20(23)33-22(13-5-12-21(26)31)29-14-6-9-17-7-2-3-10-19(17)29/h4,8,11,17,19,22H,1-3,5-7,9-10,12-15H2,(H2,26,31)(H,27,28,32). The maximum absolute atomic E-state index is 12.1. The topological polar surface area (TPSA) is 106 Å². The molecule has 1 aliphatic carbocycles. The molecule has 1 aromatic carbocycles. The van der Waals surface area contributed by atoms with Crippen molar-refractivity contribution in [1.82, 2.24) is 14.5 Å². The van der Waals surface area contributed by atoms with Gasteiger partial charge in [0.1, 0.15) is 16.8 Å². The normalized spacial score (nSPS) is 23.0. The minimum atomic E-state index is -0.274. The summed E-state index contributed by atoms with van der Waals surface area (Å²) in [6.07, 6.45) is 9.22. The van der Waals surface area contributed by atoms with Gasteiger partial charge in [0, 0.05) is 24.6 Å². The molecular weight excluding hydrogens is 418 g/mol. The van der Waals surface area contributed by atoms with Crippen molar-refractivity contribution < 1.29 is 9.53 Å². The summed E-state index contributed by atoms with van der Waals surface area (Å²) < 4.78 is 8.50. The molecule has 8 heteroatoms. The molecule has 1 saturated heterocycles. The molecule has 3 heterocycles. The first kappa shape index (κ1) is 21.9. The molecule has 1 saturated carbocycles. The fraction of sp³-hybridized carbons (Fsp3) is 0.560. The summed E-state index contributed by atoms with van der Waals surface area (Å²) in [6.45, 7) is 5.41. The van der Waals surface area contributed by atoms with Crippen LogP contribution in [0.2, 0.25) is 0 Å². The Bertz CT molecular complexity index is 1200. The van der Waals surface area contributed by atoms with Gasteiger partial charge in [-0.25, -0.2) is 4.99 Å². The predicted octanol–water partition coefficient (Wildman–Crippen LogP) is 1.91. The number of fused-ring (bicyclic) bond motifs is 3. The lowest BCUT2D eigenvalue weighted by Crippen LogP contribution is -2.53. The molecule has 2 aromatic rings. The molecule has 3 aliphatic rings. The van der Waals surface area contributed by atoms with Crippen molar-refractivity contribution >= 4 is 18.2 Å². The highest BCUT2D eigenvalue weighted by molar-refractivity contribution is 5.73. The van der Waals surface area contributed by atoms with Crippen LogP contribution in [0.15, 0.2) is 28.0 Å². The van der Waals surface area contributed by atoms with Crippen LogP contribution >= 0.6 is 0 Å². The SMILES string of the molecule is C=c1c(=O)[nH]c2n1Cc1cccc(OC(CCCC(N)=O)N3CCCC4CCCCC43)c1N=2. The van der Waals surface area contributed by atoms with Crippen LogP contribution in [0, 0.1) is 5.92 Å². The van der Waals surface area contributed by atoms with E-state index in [1.807, 2.05) is 18.2 Å². The third-order valence-electron chi connectivity index (χ3n) is 7.49. The number of para-hydroxylation sites is 1. The van der Waals surface area contributed by atoms with E-state index >= 15 is 0 Å². The molecule has 0 spiro atoms. The number of aromatic nitrogens is 2. The van der Waals surface area contributed by atoms with Crippen molar-refractivity contribution in [3.05, 3.63) is 45.1 Å². The van der Waals surface area contributed by atoms with Gasteiger partial charge >= 0.3 is 0 Å². The summed E-state index contributed by atoms with van der Waals surface area (Å²) in [5.41, 5.74) is 7.47. The molecule has 3 N–H and O–H groups in total. The number of ether oxygens (including phenoxy) is 1. The van der Waals surface area contributed by atoms with E-state index in [9.17, 15) is 9.59 Å². The summed E-state index contributed by atoms with van der Waals surface area (Å²) in [5.74, 6) is 1.17. The number of aromatic amines is 1. The monoisotopic (exact) mass is 451 g/mol. The Morgan fingerprint density at radius 1 is 1.27 bits per heavy atom. The van der Waals surface area contributed by atoms with E-state index in [2.05, 4.69) is 16.5 Å². The summed E-state index contributed by atoms with van der Waals surface area (Å²) in [7, 11) is 0. The number of amides is 1. The highest BCUT2D eigenvalue weighted by atomic mass is 16.5. The van der Waals surface area contributed by atoms with Gasteiger partial charge in [0.05, 0.1) is 6.54 Å². The molecule has 0 bridgehead atoms. The Balaban J connectivity index is 1.46. The molecule has 33 heavy (non-hydrogen) atoms. The second-order valence-corrected chi connectivity index (χ2v) is 9.61. The van der Waals surface area contributed by atoms with Crippen LogP contribution in [0.3, 0.4) is 0 Å². The Morgan fingerprint density at radius 3 is 2.94 bits per heavy atom. The Morgan fingerprint density at radius 2 is 2.09 bits per heavy atom. The number of carbonyl (C=O) groups excluding carboxylic acids is 1. The number of primary amides is 1. The highest BCUT2D eigenvalue weighted by Gasteiger charge is 2.37. The molecule has 2 fully saturated rings. The number of imidazole rings is 1. The molecule has 5 rings (SSSR count). The van der Waals surface area contributed by atoms with E-state index in [0.717, 1.165) is 30.1 Å². The van der Waals surface area contributed by atoms with E-state index in [1.165, 1.54) is 38.5 Å². The highest BCUT2D eigenvalue weighted by Crippen LogP contribution is 2.39. The third kappa shape index (κ3) is 4.36. The second kappa shape index (κ2) is 9.17. The molecule has 0 radical (unpaired) electrons. The summed E-state index contributed by atoms with van der Waals surface area (Å²) in [6, 6.07) is 6.47. The largest absolute Gasteiger partial charge is 0.473 e. The molecule has 2 aliphatic heterocycles. The van der Waals surface area contributed by atoms with Crippen molar-refractivity contribution in [2.24, 2.45) is 16.6 Å². The Labute approximate surface area is 193 Å². The number of nitrogens with zero attached hydrogens (tertiary/aromatic N) is 3. The van der Waals surface area contributed by atoms with E-state index in [4.69, 9.17) is 15.5 Å². The number of likely N-dealkylation sites (tertiary alicyclic amines) is 1. The van der Waals surface area contributed by atoms with Crippen molar-refractivity contribution in [3.8, 4) is 5.75 Å². The molecule has 8 nitrogen and oxygen atoms in total. The maximum atomic E-state index is 12.1. The number of nitrogens with one attached hydrogen (secondary N) is 1. The second-order valence-electron chi connectivity index (χ2n) is 9.61. The minimum absolute atomic E-state index is 0.131. The number of rotatable bonds is 7. The van der Waals surface area contributed by atoms with Crippen LogP contribution in [0.4, 0.5) is 5.69 Å². The molecule has 3 unspecified atom stereocenters. The van der Waals surface area contributed by atoms with Crippen LogP contribution in [0.1, 0.15) is 63.4 Å². The van der Waals surface area contributed by atoms with E-state index in [-0.39, 0.29) is 17.7 Å². The van der Waals surface area contributed by atoms with Gasteiger partial charge in [-0.2, -0.15) is 0 Å². The van der Waals surface area contributed by atoms with Gasteiger partial charge in [-0.15, -0.1) is 0 Å². The lowest BCUT2D eigenvalue weighted by atomic mass is 9.78. The van der Waals surface area contributed by atoms with Gasteiger partial charge in [0.25, 0.3) is 5.56 Å². The zero-order chi connectivity index (χ0) is 22.9. The number of piperidine rings is 1. The van der Waals surface area contributed by atoms with Gasteiger partial charge in [-0.05, 0) is 50.5 Å². The van der Waals surface area contributed by atoms with Crippen LogP contribution in [-0.4, -0.2) is 39.2 Å². The number of H-pyrrole nitrogens is 1. The molecule has 1 aromatic heterocycles. The van der Waals surface area contributed by atoms with Gasteiger partial charge < -0.3 is 15.0 Å². The summed E-state index contributed by atoms with van der Waals surface area (Å²) >= 11 is 0. The fourth-order valence-corrected chi connectivity index (χ4v) is 5.85. The lowest BCUT2D eigenvalue weighted by molar-refractivity contribution is -0.118. The fourth-order valence-electron chi connectivity index (χ4n) is 5.85. The van der Waals surface area contributed by atoms with Crippen LogP contribution in [-0.2, 0) is 11.3 Å². The van der Waals surface area contributed by atoms with Crippen molar-refractivity contribution in [1.29, 1.82) is 0 Å². The lowest BCUT2D eigenvalue weighted by Gasteiger charge is -2.47. The molecule has 176 valence electrons. The van der Waals surface area contributed by atoms with Crippen LogP contribution < -0.4 is 27.0 Å². The first-order valence-corrected chi connectivity index (χ1v) is 12.2. The average molecular weight is 452 g/mol. The van der Waals surface area contributed by atoms with E-state index in [1.54, 1.807) is 4.57 Å². The quantitative estimate of drug-likeness (QED) is 0.572. The number of benzene rings is 1. The van der Waals surface area contributed by atoms with Crippen molar-refractivity contribution in [2.45, 2.75) is 76.6 Å². The maximum Gasteiger partial charge on any atom is 0.274 e. The van der Waals surface area contributed by atoms with Crippen molar-refractivity contribution in [3.63, 3.8) is 0 Å².